The predicted molar refractivity (Wildman–Crippen MR) is 182 cm³/mol. The van der Waals surface area contributed by atoms with Gasteiger partial charge in [0.2, 0.25) is 5.91 Å². The van der Waals surface area contributed by atoms with Crippen molar-refractivity contribution in [3.8, 4) is 5.69 Å². The SMILES string of the molecule is CCCCc1ccc(C(=O)N2CCN(C(=O)CCCCSc3nnc(Cc4ccccc4)n3-c3ccc(C)cc3)CC2C)cc1. The van der Waals surface area contributed by atoms with E-state index in [1.54, 1.807) is 11.8 Å². The van der Waals surface area contributed by atoms with Crippen LogP contribution in [0.25, 0.3) is 5.69 Å². The molecule has 1 aliphatic heterocycles. The number of nitrogens with zero attached hydrogens (tertiary/aromatic N) is 5. The van der Waals surface area contributed by atoms with Crippen molar-refractivity contribution in [3.63, 3.8) is 0 Å². The van der Waals surface area contributed by atoms with Crippen LogP contribution in [-0.4, -0.2) is 67.8 Å². The second kappa shape index (κ2) is 15.9. The highest BCUT2D eigenvalue weighted by atomic mass is 32.2. The Morgan fingerprint density at radius 2 is 1.62 bits per heavy atom. The summed E-state index contributed by atoms with van der Waals surface area (Å²) in [7, 11) is 0. The van der Waals surface area contributed by atoms with Gasteiger partial charge >= 0.3 is 0 Å². The van der Waals surface area contributed by atoms with Crippen LogP contribution in [0.4, 0.5) is 0 Å². The second-order valence-corrected chi connectivity index (χ2v) is 13.1. The minimum atomic E-state index is -0.0104. The summed E-state index contributed by atoms with van der Waals surface area (Å²) in [5.74, 6) is 2.00. The fourth-order valence-electron chi connectivity index (χ4n) is 5.79. The Balaban J connectivity index is 1.09. The van der Waals surface area contributed by atoms with E-state index in [1.165, 1.54) is 16.7 Å². The summed E-state index contributed by atoms with van der Waals surface area (Å²) in [4.78, 5) is 30.1. The van der Waals surface area contributed by atoms with Crippen LogP contribution < -0.4 is 0 Å². The van der Waals surface area contributed by atoms with Gasteiger partial charge in [-0.3, -0.25) is 14.2 Å². The molecule has 1 fully saturated rings. The number of carbonyl (C=O) groups is 2. The number of hydrogen-bond acceptors (Lipinski definition) is 5. The van der Waals surface area contributed by atoms with E-state index in [0.29, 0.717) is 32.5 Å². The summed E-state index contributed by atoms with van der Waals surface area (Å²) in [5, 5.41) is 9.99. The highest BCUT2D eigenvalue weighted by molar-refractivity contribution is 7.99. The van der Waals surface area contributed by atoms with Gasteiger partial charge in [0.25, 0.3) is 5.91 Å². The van der Waals surface area contributed by atoms with Crippen LogP contribution in [-0.2, 0) is 17.6 Å². The van der Waals surface area contributed by atoms with Gasteiger partial charge in [-0.2, -0.15) is 0 Å². The number of aromatic nitrogens is 3. The summed E-state index contributed by atoms with van der Waals surface area (Å²) in [5.41, 5.74) is 5.47. The topological polar surface area (TPSA) is 71.3 Å². The molecule has 0 aliphatic carbocycles. The molecule has 5 rings (SSSR count). The summed E-state index contributed by atoms with van der Waals surface area (Å²) in [6, 6.07) is 26.8. The average Bonchev–Trinajstić information content (AvgIpc) is 3.46. The maximum absolute atomic E-state index is 13.2. The molecule has 0 spiro atoms. The molecular formula is C37H45N5O2S. The highest BCUT2D eigenvalue weighted by Gasteiger charge is 2.30. The van der Waals surface area contributed by atoms with Crippen LogP contribution in [0.15, 0.2) is 84.0 Å². The Morgan fingerprint density at radius 1 is 0.867 bits per heavy atom. The molecule has 0 saturated carbocycles. The van der Waals surface area contributed by atoms with Crippen LogP contribution in [0.2, 0.25) is 0 Å². The molecule has 1 aromatic heterocycles. The Morgan fingerprint density at radius 3 is 2.33 bits per heavy atom. The van der Waals surface area contributed by atoms with Gasteiger partial charge in [0.1, 0.15) is 5.82 Å². The van der Waals surface area contributed by atoms with Crippen molar-refractivity contribution in [1.82, 2.24) is 24.6 Å². The molecule has 0 radical (unpaired) electrons. The predicted octanol–water partition coefficient (Wildman–Crippen LogP) is 7.14. The van der Waals surface area contributed by atoms with E-state index in [4.69, 9.17) is 0 Å². The van der Waals surface area contributed by atoms with Crippen LogP contribution in [0.1, 0.15) is 78.8 Å². The molecule has 2 heterocycles. The fraction of sp³-hybridized carbons (Fsp3) is 0.405. The molecule has 3 aromatic carbocycles. The van der Waals surface area contributed by atoms with Gasteiger partial charge in [0.05, 0.1) is 0 Å². The van der Waals surface area contributed by atoms with E-state index in [0.717, 1.165) is 60.1 Å². The van der Waals surface area contributed by atoms with E-state index in [2.05, 4.69) is 77.1 Å². The smallest absolute Gasteiger partial charge is 0.254 e. The molecule has 1 aliphatic rings. The van der Waals surface area contributed by atoms with Crippen LogP contribution in [0.5, 0.6) is 0 Å². The molecule has 1 saturated heterocycles. The molecule has 45 heavy (non-hydrogen) atoms. The molecule has 7 nitrogen and oxygen atoms in total. The van der Waals surface area contributed by atoms with Crippen molar-refractivity contribution in [1.29, 1.82) is 0 Å². The first-order chi connectivity index (χ1) is 21.9. The average molecular weight is 624 g/mol. The first-order valence-corrected chi connectivity index (χ1v) is 17.3. The third-order valence-electron chi connectivity index (χ3n) is 8.47. The molecular weight excluding hydrogens is 579 g/mol. The van der Waals surface area contributed by atoms with Gasteiger partial charge in [-0.15, -0.1) is 10.2 Å². The Kier molecular flexibility index (Phi) is 11.5. The lowest BCUT2D eigenvalue weighted by molar-refractivity contribution is -0.133. The molecule has 2 amide bonds. The quantitative estimate of drug-likeness (QED) is 0.117. The zero-order chi connectivity index (χ0) is 31.6. The first-order valence-electron chi connectivity index (χ1n) is 16.3. The van der Waals surface area contributed by atoms with E-state index in [1.807, 2.05) is 47.1 Å². The second-order valence-electron chi connectivity index (χ2n) is 12.0. The number of carbonyl (C=O) groups excluding carboxylic acids is 2. The highest BCUT2D eigenvalue weighted by Crippen LogP contribution is 2.25. The number of piperazine rings is 1. The largest absolute Gasteiger partial charge is 0.339 e. The van der Waals surface area contributed by atoms with E-state index >= 15 is 0 Å². The fourth-order valence-corrected chi connectivity index (χ4v) is 6.76. The molecule has 4 aromatic rings. The molecule has 1 atom stereocenters. The zero-order valence-corrected chi connectivity index (χ0v) is 27.6. The van der Waals surface area contributed by atoms with Gasteiger partial charge < -0.3 is 9.80 Å². The van der Waals surface area contributed by atoms with Crippen molar-refractivity contribution in [3.05, 3.63) is 107 Å². The number of hydrogen-bond donors (Lipinski definition) is 0. The van der Waals surface area contributed by atoms with E-state index in [-0.39, 0.29) is 17.9 Å². The third kappa shape index (κ3) is 8.63. The van der Waals surface area contributed by atoms with Crippen molar-refractivity contribution >= 4 is 23.6 Å². The lowest BCUT2D eigenvalue weighted by Gasteiger charge is -2.40. The number of benzene rings is 3. The molecule has 1 unspecified atom stereocenters. The first kappa shape index (κ1) is 32.5. The van der Waals surface area contributed by atoms with E-state index in [9.17, 15) is 9.59 Å². The van der Waals surface area contributed by atoms with Crippen molar-refractivity contribution < 1.29 is 9.59 Å². The van der Waals surface area contributed by atoms with Crippen molar-refractivity contribution in [2.24, 2.45) is 0 Å². The van der Waals surface area contributed by atoms with Gasteiger partial charge in [-0.05, 0) is 74.9 Å². The van der Waals surface area contributed by atoms with Gasteiger partial charge in [-0.25, -0.2) is 0 Å². The zero-order valence-electron chi connectivity index (χ0n) is 26.8. The van der Waals surface area contributed by atoms with Gasteiger partial charge in [0.15, 0.2) is 5.16 Å². The Hall–Kier alpha value is -3.91. The number of unbranched alkanes of at least 4 members (excludes halogenated alkanes) is 2. The van der Waals surface area contributed by atoms with E-state index < -0.39 is 0 Å². The number of amides is 2. The van der Waals surface area contributed by atoms with Crippen molar-refractivity contribution in [2.75, 3.05) is 25.4 Å². The van der Waals surface area contributed by atoms with Crippen LogP contribution in [0, 0.1) is 6.92 Å². The Labute approximate surface area is 272 Å². The summed E-state index contributed by atoms with van der Waals surface area (Å²) < 4.78 is 2.16. The Bertz CT molecular complexity index is 1540. The number of rotatable bonds is 13. The van der Waals surface area contributed by atoms with Gasteiger partial charge in [-0.1, -0.05) is 85.3 Å². The minimum Gasteiger partial charge on any atom is -0.339 e. The molecule has 8 heteroatoms. The number of thioether (sulfide) groups is 1. The number of aryl methyl sites for hydroxylation is 2. The summed E-state index contributed by atoms with van der Waals surface area (Å²) >= 11 is 1.69. The lowest BCUT2D eigenvalue weighted by Crippen LogP contribution is -2.55. The van der Waals surface area contributed by atoms with Crippen molar-refractivity contribution in [2.45, 2.75) is 76.9 Å². The molecule has 236 valence electrons. The van der Waals surface area contributed by atoms with Gasteiger partial charge in [0, 0.05) is 55.5 Å². The maximum Gasteiger partial charge on any atom is 0.254 e. The van der Waals surface area contributed by atoms with Crippen LogP contribution >= 0.6 is 11.8 Å². The van der Waals surface area contributed by atoms with Crippen LogP contribution in [0.3, 0.4) is 0 Å². The minimum absolute atomic E-state index is 0.0104. The summed E-state index contributed by atoms with van der Waals surface area (Å²) in [6.07, 6.45) is 6.32. The summed E-state index contributed by atoms with van der Waals surface area (Å²) in [6.45, 7) is 8.05. The normalized spacial score (nSPS) is 15.0. The monoisotopic (exact) mass is 623 g/mol. The standard InChI is InChI=1S/C37H45N5O2S/c1-4-5-11-30-17-19-32(20-18-30)36(44)41-24-23-40(27-29(41)3)35(43)14-9-10-25-45-37-39-38-34(26-31-12-7-6-8-13-31)42(37)33-21-15-28(2)16-22-33/h6-8,12-13,15-22,29H,4-5,9-11,14,23-27H2,1-3H3. The molecule has 0 N–H and O–H groups in total. The lowest BCUT2D eigenvalue weighted by atomic mass is 10.0. The maximum atomic E-state index is 13.2. The third-order valence-corrected chi connectivity index (χ3v) is 9.49. The molecule has 0 bridgehead atoms.